The summed E-state index contributed by atoms with van der Waals surface area (Å²) in [6.07, 6.45) is 1.55. The van der Waals surface area contributed by atoms with E-state index in [2.05, 4.69) is 10.2 Å². The van der Waals surface area contributed by atoms with E-state index in [0.29, 0.717) is 23.0 Å². The molecule has 0 spiro atoms. The first kappa shape index (κ1) is 8.00. The van der Waals surface area contributed by atoms with E-state index < -0.39 is 0 Å². The summed E-state index contributed by atoms with van der Waals surface area (Å²) in [5.41, 5.74) is 6.14. The van der Waals surface area contributed by atoms with Crippen molar-refractivity contribution in [3.63, 3.8) is 0 Å². The van der Waals surface area contributed by atoms with Gasteiger partial charge in [-0.05, 0) is 19.1 Å². The van der Waals surface area contributed by atoms with Crippen LogP contribution in [0.3, 0.4) is 0 Å². The van der Waals surface area contributed by atoms with Gasteiger partial charge in [0.1, 0.15) is 5.82 Å². The molecule has 0 unspecified atom stereocenters. The lowest BCUT2D eigenvalue weighted by Crippen LogP contribution is -2.04. The van der Waals surface area contributed by atoms with Gasteiger partial charge < -0.3 is 10.5 Å². The van der Waals surface area contributed by atoms with Gasteiger partial charge in [-0.1, -0.05) is 0 Å². The molecular formula is C6H9N3OS. The zero-order chi connectivity index (χ0) is 8.27. The fourth-order valence-electron chi connectivity index (χ4n) is 0.668. The molecule has 0 aliphatic heterocycles. The second-order valence-corrected chi connectivity index (χ2v) is 2.29. The van der Waals surface area contributed by atoms with Crippen molar-refractivity contribution in [3.8, 4) is 0 Å². The maximum absolute atomic E-state index is 5.49. The van der Waals surface area contributed by atoms with E-state index in [4.69, 9.17) is 22.7 Å². The number of nitrogen functional groups attached to an aromatic ring is 1. The molecule has 0 saturated heterocycles. The smallest absolute Gasteiger partial charge is 0.196 e. The maximum atomic E-state index is 5.49. The minimum absolute atomic E-state index is 0.388. The third-order valence-corrected chi connectivity index (χ3v) is 1.50. The lowest BCUT2D eigenvalue weighted by molar-refractivity contribution is 0.338. The second kappa shape index (κ2) is 3.34. The van der Waals surface area contributed by atoms with Crippen LogP contribution in [0.4, 0.5) is 5.82 Å². The highest BCUT2D eigenvalue weighted by Crippen LogP contribution is 2.08. The van der Waals surface area contributed by atoms with E-state index in [-0.39, 0.29) is 0 Å². The van der Waals surface area contributed by atoms with Crippen molar-refractivity contribution < 1.29 is 4.74 Å². The van der Waals surface area contributed by atoms with Gasteiger partial charge in [-0.15, -0.1) is 0 Å². The Morgan fingerprint density at radius 3 is 3.09 bits per heavy atom. The minimum Gasteiger partial charge on any atom is -0.483 e. The van der Waals surface area contributed by atoms with Gasteiger partial charge in [-0.25, -0.2) is 0 Å². The minimum atomic E-state index is 0.388. The van der Waals surface area contributed by atoms with Gasteiger partial charge >= 0.3 is 0 Å². The van der Waals surface area contributed by atoms with Gasteiger partial charge in [0.15, 0.2) is 5.05 Å². The number of nitrogens with zero attached hydrogens (tertiary/aromatic N) is 1. The van der Waals surface area contributed by atoms with Crippen LogP contribution in [0.5, 0.6) is 0 Å². The topological polar surface area (TPSA) is 63.9 Å². The summed E-state index contributed by atoms with van der Waals surface area (Å²) >= 11 is 4.90. The zero-order valence-electron chi connectivity index (χ0n) is 6.13. The number of thiocarbonyl (C=S) groups is 1. The van der Waals surface area contributed by atoms with Gasteiger partial charge in [0.25, 0.3) is 0 Å². The van der Waals surface area contributed by atoms with Crippen LogP contribution in [0, 0.1) is 0 Å². The fraction of sp³-hybridized carbons (Fsp3) is 0.333. The van der Waals surface area contributed by atoms with E-state index in [1.807, 2.05) is 6.92 Å². The first-order valence-corrected chi connectivity index (χ1v) is 3.62. The molecule has 0 aliphatic rings. The van der Waals surface area contributed by atoms with Gasteiger partial charge in [0.2, 0.25) is 0 Å². The maximum Gasteiger partial charge on any atom is 0.196 e. The Balaban J connectivity index is 2.76. The molecule has 4 nitrogen and oxygen atoms in total. The highest BCUT2D eigenvalue weighted by atomic mass is 32.1. The average molecular weight is 171 g/mol. The molecule has 0 fully saturated rings. The first-order chi connectivity index (χ1) is 5.25. The molecule has 60 valence electrons. The molecule has 0 bridgehead atoms. The van der Waals surface area contributed by atoms with Crippen LogP contribution < -0.4 is 5.73 Å². The Hall–Kier alpha value is -1.10. The predicted octanol–water partition coefficient (Wildman–Crippen LogP) is 0.704. The highest BCUT2D eigenvalue weighted by molar-refractivity contribution is 7.80. The van der Waals surface area contributed by atoms with Crippen molar-refractivity contribution in [1.29, 1.82) is 0 Å². The molecular weight excluding hydrogens is 162 g/mol. The Morgan fingerprint density at radius 1 is 1.91 bits per heavy atom. The van der Waals surface area contributed by atoms with Crippen LogP contribution in [-0.4, -0.2) is 21.9 Å². The molecule has 1 aromatic rings. The predicted molar refractivity (Wildman–Crippen MR) is 46.3 cm³/mol. The monoisotopic (exact) mass is 171 g/mol. The Morgan fingerprint density at radius 2 is 2.64 bits per heavy atom. The first-order valence-electron chi connectivity index (χ1n) is 3.21. The van der Waals surface area contributed by atoms with Crippen LogP contribution in [0.2, 0.25) is 0 Å². The molecule has 0 aromatic carbocycles. The number of hydrogen-bond acceptors (Lipinski definition) is 4. The van der Waals surface area contributed by atoms with Gasteiger partial charge in [-0.2, -0.15) is 5.10 Å². The molecule has 0 atom stereocenters. The normalized spacial score (nSPS) is 9.55. The summed E-state index contributed by atoms with van der Waals surface area (Å²) in [4.78, 5) is 0. The van der Waals surface area contributed by atoms with E-state index in [9.17, 15) is 0 Å². The molecule has 3 N–H and O–H groups in total. The number of anilines is 1. The van der Waals surface area contributed by atoms with Crippen LogP contribution in [0.1, 0.15) is 12.5 Å². The SMILES string of the molecule is CCOC(=S)c1cn[nH]c1N. The summed E-state index contributed by atoms with van der Waals surface area (Å²) in [5, 5.41) is 6.66. The lowest BCUT2D eigenvalue weighted by atomic mass is 10.3. The molecule has 1 rings (SSSR count). The quantitative estimate of drug-likeness (QED) is 0.643. The van der Waals surface area contributed by atoms with Crippen LogP contribution in [0.15, 0.2) is 6.20 Å². The number of ether oxygens (including phenoxy) is 1. The van der Waals surface area contributed by atoms with Crippen molar-refractivity contribution in [3.05, 3.63) is 11.8 Å². The molecule has 11 heavy (non-hydrogen) atoms. The van der Waals surface area contributed by atoms with Crippen LogP contribution in [0.25, 0.3) is 0 Å². The Bertz CT molecular complexity index is 258. The largest absolute Gasteiger partial charge is 0.483 e. The number of aromatic nitrogens is 2. The molecule has 5 heteroatoms. The summed E-state index contributed by atoms with van der Waals surface area (Å²) in [6, 6.07) is 0. The molecule has 0 saturated carbocycles. The Kier molecular flexibility index (Phi) is 2.43. The molecule has 0 aliphatic carbocycles. The van der Waals surface area contributed by atoms with Crippen molar-refractivity contribution in [2.24, 2.45) is 0 Å². The van der Waals surface area contributed by atoms with E-state index in [1.165, 1.54) is 0 Å². The number of H-pyrrole nitrogens is 1. The van der Waals surface area contributed by atoms with Crippen molar-refractivity contribution in [2.45, 2.75) is 6.92 Å². The molecule has 1 aromatic heterocycles. The number of nitrogens with one attached hydrogen (secondary N) is 1. The van der Waals surface area contributed by atoms with Crippen LogP contribution in [-0.2, 0) is 4.74 Å². The standard InChI is InChI=1S/C6H9N3OS/c1-2-10-6(11)4-3-8-9-5(4)7/h3H,2H2,1H3,(H3,7,8,9). The van der Waals surface area contributed by atoms with Crippen LogP contribution >= 0.6 is 12.2 Å². The third-order valence-electron chi connectivity index (χ3n) is 1.16. The number of hydrogen-bond donors (Lipinski definition) is 2. The van der Waals surface area contributed by atoms with E-state index in [0.717, 1.165) is 0 Å². The van der Waals surface area contributed by atoms with Gasteiger partial charge in [0.05, 0.1) is 18.4 Å². The van der Waals surface area contributed by atoms with Gasteiger partial charge in [0, 0.05) is 0 Å². The second-order valence-electron chi connectivity index (χ2n) is 1.92. The van der Waals surface area contributed by atoms with Crippen molar-refractivity contribution in [1.82, 2.24) is 10.2 Å². The summed E-state index contributed by atoms with van der Waals surface area (Å²) < 4.78 is 5.06. The third kappa shape index (κ3) is 1.68. The average Bonchev–Trinajstić information content (AvgIpc) is 2.36. The summed E-state index contributed by atoms with van der Waals surface area (Å²) in [6.45, 7) is 2.41. The summed E-state index contributed by atoms with van der Waals surface area (Å²) in [5.74, 6) is 0.448. The Labute approximate surface area is 69.7 Å². The van der Waals surface area contributed by atoms with Gasteiger partial charge in [-0.3, -0.25) is 5.10 Å². The summed E-state index contributed by atoms with van der Waals surface area (Å²) in [7, 11) is 0. The molecule has 1 heterocycles. The van der Waals surface area contributed by atoms with E-state index >= 15 is 0 Å². The lowest BCUT2D eigenvalue weighted by Gasteiger charge is -2.01. The number of rotatable bonds is 2. The molecule has 0 radical (unpaired) electrons. The molecule has 0 amide bonds. The number of aromatic amines is 1. The highest BCUT2D eigenvalue weighted by Gasteiger charge is 2.06. The van der Waals surface area contributed by atoms with Crippen molar-refractivity contribution in [2.75, 3.05) is 12.3 Å². The number of nitrogens with two attached hydrogens (primary N) is 1. The fourth-order valence-corrected chi connectivity index (χ4v) is 0.948. The van der Waals surface area contributed by atoms with Crippen molar-refractivity contribution >= 4 is 23.1 Å². The zero-order valence-corrected chi connectivity index (χ0v) is 6.94. The van der Waals surface area contributed by atoms with E-state index in [1.54, 1.807) is 6.20 Å².